The Morgan fingerprint density at radius 3 is 2.80 bits per heavy atom. The smallest absolute Gasteiger partial charge is 0.120 e. The van der Waals surface area contributed by atoms with Gasteiger partial charge < -0.3 is 10.8 Å². The minimum absolute atomic E-state index is 0.114. The molecule has 2 aliphatic rings. The van der Waals surface area contributed by atoms with Crippen LogP contribution in [-0.2, 0) is 0 Å². The van der Waals surface area contributed by atoms with Crippen molar-refractivity contribution in [3.63, 3.8) is 0 Å². The summed E-state index contributed by atoms with van der Waals surface area (Å²) in [5.41, 5.74) is 5.47. The number of aliphatic hydroxyl groups excluding tert-OH is 1. The highest BCUT2D eigenvalue weighted by Gasteiger charge is 2.23. The topological polar surface area (TPSA) is 46.2 Å². The Kier molecular flexibility index (Phi) is 6.59. The van der Waals surface area contributed by atoms with Crippen molar-refractivity contribution < 1.29 is 9.50 Å². The zero-order valence-corrected chi connectivity index (χ0v) is 12.9. The number of nitrogens with two attached hydrogens (primary N) is 1. The van der Waals surface area contributed by atoms with E-state index in [0.717, 1.165) is 23.0 Å². The van der Waals surface area contributed by atoms with Crippen LogP contribution in [0.3, 0.4) is 0 Å². The molecule has 0 bridgehead atoms. The van der Waals surface area contributed by atoms with Gasteiger partial charge in [0, 0.05) is 11.7 Å². The Bertz CT molecular complexity index is 363. The Hall–Kier alpha value is -0.320. The molecule has 0 radical (unpaired) electrons. The lowest BCUT2D eigenvalue weighted by Crippen LogP contribution is -2.24. The van der Waals surface area contributed by atoms with Crippen LogP contribution in [0, 0.1) is 11.8 Å². The second kappa shape index (κ2) is 8.20. The van der Waals surface area contributed by atoms with Crippen LogP contribution in [0.15, 0.2) is 22.9 Å². The molecular formula is C16H26FNOS. The van der Waals surface area contributed by atoms with Crippen molar-refractivity contribution in [2.24, 2.45) is 17.6 Å². The molecule has 114 valence electrons. The van der Waals surface area contributed by atoms with Crippen molar-refractivity contribution in [1.29, 1.82) is 0 Å². The predicted octanol–water partition coefficient (Wildman–Crippen LogP) is 3.77. The Balaban J connectivity index is 1.83. The summed E-state index contributed by atoms with van der Waals surface area (Å²) >= 11 is 1.78. The van der Waals surface area contributed by atoms with E-state index in [2.05, 4.69) is 0 Å². The first-order chi connectivity index (χ1) is 9.69. The molecule has 1 saturated carbocycles. The summed E-state index contributed by atoms with van der Waals surface area (Å²) in [5.74, 6) is 1.57. The molecule has 0 aliphatic heterocycles. The Morgan fingerprint density at radius 2 is 2.10 bits per heavy atom. The fraction of sp³-hybridized carbons (Fsp3) is 0.750. The van der Waals surface area contributed by atoms with Gasteiger partial charge in [0.1, 0.15) is 5.83 Å². The lowest BCUT2D eigenvalue weighted by Gasteiger charge is -2.25. The van der Waals surface area contributed by atoms with Crippen LogP contribution in [0.25, 0.3) is 0 Å². The van der Waals surface area contributed by atoms with Crippen molar-refractivity contribution in [2.75, 3.05) is 12.3 Å². The van der Waals surface area contributed by atoms with E-state index >= 15 is 0 Å². The molecule has 4 heteroatoms. The SMILES string of the molecule is NCCC(O)C1C=C(F)C=C(SCC2CCCCC2)C1. The molecule has 2 unspecified atom stereocenters. The third-order valence-electron chi connectivity index (χ3n) is 4.29. The molecular weight excluding hydrogens is 273 g/mol. The van der Waals surface area contributed by atoms with Gasteiger partial charge in [0.05, 0.1) is 6.10 Å². The minimum Gasteiger partial charge on any atom is -0.392 e. The van der Waals surface area contributed by atoms with Crippen LogP contribution in [0.1, 0.15) is 44.9 Å². The molecule has 0 aromatic heterocycles. The quantitative estimate of drug-likeness (QED) is 0.785. The molecule has 0 aromatic rings. The Morgan fingerprint density at radius 1 is 1.35 bits per heavy atom. The molecule has 2 rings (SSSR count). The fourth-order valence-corrected chi connectivity index (χ4v) is 4.36. The van der Waals surface area contributed by atoms with Crippen molar-refractivity contribution in [1.82, 2.24) is 0 Å². The van der Waals surface area contributed by atoms with Crippen LogP contribution in [0.2, 0.25) is 0 Å². The van der Waals surface area contributed by atoms with Crippen LogP contribution in [-0.4, -0.2) is 23.5 Å². The lowest BCUT2D eigenvalue weighted by atomic mass is 9.91. The maximum atomic E-state index is 13.7. The second-order valence-electron chi connectivity index (χ2n) is 5.99. The zero-order valence-electron chi connectivity index (χ0n) is 12.1. The highest BCUT2D eigenvalue weighted by Crippen LogP contribution is 2.36. The maximum absolute atomic E-state index is 13.7. The van der Waals surface area contributed by atoms with E-state index in [1.54, 1.807) is 23.9 Å². The molecule has 0 aromatic carbocycles. The number of rotatable bonds is 6. The average molecular weight is 299 g/mol. The highest BCUT2D eigenvalue weighted by molar-refractivity contribution is 8.03. The van der Waals surface area contributed by atoms with E-state index < -0.39 is 6.10 Å². The van der Waals surface area contributed by atoms with Gasteiger partial charge in [0.2, 0.25) is 0 Å². The molecule has 2 aliphatic carbocycles. The molecule has 20 heavy (non-hydrogen) atoms. The summed E-state index contributed by atoms with van der Waals surface area (Å²) in [4.78, 5) is 1.08. The normalized spacial score (nSPS) is 26.1. The van der Waals surface area contributed by atoms with Crippen LogP contribution >= 0.6 is 11.8 Å². The number of thioether (sulfide) groups is 1. The molecule has 3 N–H and O–H groups in total. The molecule has 0 heterocycles. The van der Waals surface area contributed by atoms with Crippen molar-refractivity contribution in [2.45, 2.75) is 51.0 Å². The average Bonchev–Trinajstić information content (AvgIpc) is 2.46. The first-order valence-electron chi connectivity index (χ1n) is 7.78. The third kappa shape index (κ3) is 4.90. The van der Waals surface area contributed by atoms with Crippen LogP contribution in [0.5, 0.6) is 0 Å². The molecule has 0 saturated heterocycles. The summed E-state index contributed by atoms with van der Waals surface area (Å²) in [6.07, 6.45) is 10.6. The Labute approximate surface area is 125 Å². The van der Waals surface area contributed by atoms with Gasteiger partial charge in [-0.05, 0) is 55.2 Å². The lowest BCUT2D eigenvalue weighted by molar-refractivity contribution is 0.122. The van der Waals surface area contributed by atoms with Gasteiger partial charge in [0.25, 0.3) is 0 Å². The number of hydrogen-bond donors (Lipinski definition) is 2. The monoisotopic (exact) mass is 299 g/mol. The summed E-state index contributed by atoms with van der Waals surface area (Å²) in [5, 5.41) is 10.00. The van der Waals surface area contributed by atoms with Crippen molar-refractivity contribution in [3.05, 3.63) is 22.9 Å². The van der Waals surface area contributed by atoms with Crippen LogP contribution < -0.4 is 5.73 Å². The predicted molar refractivity (Wildman–Crippen MR) is 84.1 cm³/mol. The molecule has 0 spiro atoms. The van der Waals surface area contributed by atoms with Gasteiger partial charge in [0.15, 0.2) is 0 Å². The largest absolute Gasteiger partial charge is 0.392 e. The van der Waals surface area contributed by atoms with Gasteiger partial charge in [-0.1, -0.05) is 19.3 Å². The molecule has 0 amide bonds. The van der Waals surface area contributed by atoms with E-state index in [0.29, 0.717) is 13.0 Å². The second-order valence-corrected chi connectivity index (χ2v) is 7.14. The summed E-state index contributed by atoms with van der Waals surface area (Å²) < 4.78 is 13.7. The number of aliphatic hydroxyl groups is 1. The standard InChI is InChI=1S/C16H26FNOS/c17-14-8-13(16(19)6-7-18)9-15(10-14)20-11-12-4-2-1-3-5-12/h8,10,12-13,16,19H,1-7,9,11,18H2. The van der Waals surface area contributed by atoms with Crippen LogP contribution in [0.4, 0.5) is 4.39 Å². The summed E-state index contributed by atoms with van der Waals surface area (Å²) in [7, 11) is 0. The van der Waals surface area contributed by atoms with E-state index in [1.807, 2.05) is 0 Å². The van der Waals surface area contributed by atoms with E-state index in [-0.39, 0.29) is 11.7 Å². The highest BCUT2D eigenvalue weighted by atomic mass is 32.2. The van der Waals surface area contributed by atoms with Gasteiger partial charge >= 0.3 is 0 Å². The molecule has 1 fully saturated rings. The van der Waals surface area contributed by atoms with E-state index in [4.69, 9.17) is 5.73 Å². The van der Waals surface area contributed by atoms with Crippen molar-refractivity contribution >= 4 is 11.8 Å². The number of hydrogen-bond acceptors (Lipinski definition) is 3. The van der Waals surface area contributed by atoms with Gasteiger partial charge in [-0.15, -0.1) is 11.8 Å². The maximum Gasteiger partial charge on any atom is 0.120 e. The van der Waals surface area contributed by atoms with Gasteiger partial charge in [-0.2, -0.15) is 0 Å². The fourth-order valence-electron chi connectivity index (χ4n) is 3.07. The van der Waals surface area contributed by atoms with E-state index in [9.17, 15) is 9.50 Å². The molecule has 2 nitrogen and oxygen atoms in total. The zero-order chi connectivity index (χ0) is 14.4. The summed E-state index contributed by atoms with van der Waals surface area (Å²) in [6.45, 7) is 0.446. The first-order valence-corrected chi connectivity index (χ1v) is 8.76. The van der Waals surface area contributed by atoms with Gasteiger partial charge in [-0.25, -0.2) is 4.39 Å². The molecule has 2 atom stereocenters. The van der Waals surface area contributed by atoms with E-state index in [1.165, 1.54) is 32.1 Å². The summed E-state index contributed by atoms with van der Waals surface area (Å²) in [6, 6.07) is 0. The third-order valence-corrected chi connectivity index (χ3v) is 5.59. The first kappa shape index (κ1) is 16.1. The van der Waals surface area contributed by atoms with Gasteiger partial charge in [-0.3, -0.25) is 0 Å². The minimum atomic E-state index is -0.523. The number of allylic oxidation sites excluding steroid dienone is 3. The van der Waals surface area contributed by atoms with Crippen molar-refractivity contribution in [3.8, 4) is 0 Å². The number of halogens is 1.